The van der Waals surface area contributed by atoms with Gasteiger partial charge >= 0.3 is 5.97 Å². The van der Waals surface area contributed by atoms with Gasteiger partial charge in [-0.05, 0) is 25.0 Å². The molecule has 1 aromatic rings. The fraction of sp³-hybridized carbons (Fsp3) is 0.400. The Balaban J connectivity index is 2.17. The molecule has 2 heterocycles. The number of rotatable bonds is 4. The van der Waals surface area contributed by atoms with Crippen LogP contribution < -0.4 is 10.0 Å². The van der Waals surface area contributed by atoms with Crippen LogP contribution in [-0.4, -0.2) is 38.0 Å². The second-order valence-electron chi connectivity index (χ2n) is 4.03. The van der Waals surface area contributed by atoms with Crippen molar-refractivity contribution in [3.8, 4) is 0 Å². The van der Waals surface area contributed by atoms with Crippen molar-refractivity contribution in [1.82, 2.24) is 10.0 Å². The van der Waals surface area contributed by atoms with Gasteiger partial charge in [0.05, 0.1) is 0 Å². The summed E-state index contributed by atoms with van der Waals surface area (Å²) in [4.78, 5) is 22.1. The Kier molecular flexibility index (Phi) is 3.88. The summed E-state index contributed by atoms with van der Waals surface area (Å²) in [6.07, 6.45) is 1.13. The standard InChI is InChI=1S/C10H12N2O5S2/c13-9-6(2-1-5-11-9)12-19(16,17)8-4-3-7(18-8)10(14)15/h3-4,6,12H,1-2,5H2,(H,11,13)(H,14,15). The number of nitrogens with one attached hydrogen (secondary N) is 2. The minimum atomic E-state index is -3.86. The zero-order chi connectivity index (χ0) is 14.0. The molecule has 1 aliphatic rings. The van der Waals surface area contributed by atoms with Crippen LogP contribution in [0.3, 0.4) is 0 Å². The summed E-state index contributed by atoms with van der Waals surface area (Å²) < 4.78 is 26.2. The molecule has 2 rings (SSSR count). The molecule has 19 heavy (non-hydrogen) atoms. The molecule has 0 aromatic carbocycles. The number of hydrogen-bond acceptors (Lipinski definition) is 5. The highest BCUT2D eigenvalue weighted by molar-refractivity contribution is 7.91. The molecular weight excluding hydrogens is 292 g/mol. The fourth-order valence-electron chi connectivity index (χ4n) is 1.71. The number of sulfonamides is 1. The lowest BCUT2D eigenvalue weighted by Crippen LogP contribution is -2.49. The zero-order valence-electron chi connectivity index (χ0n) is 9.75. The third-order valence-corrected chi connectivity index (χ3v) is 5.68. The van der Waals surface area contributed by atoms with Crippen molar-refractivity contribution in [2.75, 3.05) is 6.54 Å². The first-order chi connectivity index (χ1) is 8.90. The topological polar surface area (TPSA) is 113 Å². The lowest BCUT2D eigenvalue weighted by Gasteiger charge is -2.22. The Bertz CT molecular complexity index is 607. The molecule has 1 aliphatic heterocycles. The first-order valence-electron chi connectivity index (χ1n) is 5.53. The van der Waals surface area contributed by atoms with Crippen molar-refractivity contribution < 1.29 is 23.1 Å². The second-order valence-corrected chi connectivity index (χ2v) is 7.06. The summed E-state index contributed by atoms with van der Waals surface area (Å²) in [7, 11) is -3.86. The maximum Gasteiger partial charge on any atom is 0.345 e. The van der Waals surface area contributed by atoms with Crippen LogP contribution >= 0.6 is 11.3 Å². The SMILES string of the molecule is O=C(O)c1ccc(S(=O)(=O)NC2CCCNC2=O)s1. The highest BCUT2D eigenvalue weighted by atomic mass is 32.2. The smallest absolute Gasteiger partial charge is 0.345 e. The Hall–Kier alpha value is -1.45. The summed E-state index contributed by atoms with van der Waals surface area (Å²) >= 11 is 0.656. The lowest BCUT2D eigenvalue weighted by atomic mass is 10.1. The minimum Gasteiger partial charge on any atom is -0.477 e. The van der Waals surface area contributed by atoms with Gasteiger partial charge in [0, 0.05) is 6.54 Å². The number of carbonyl (C=O) groups excluding carboxylic acids is 1. The van der Waals surface area contributed by atoms with E-state index < -0.39 is 22.0 Å². The fourth-order valence-corrected chi connectivity index (χ4v) is 4.10. The van der Waals surface area contributed by atoms with Crippen molar-refractivity contribution >= 4 is 33.2 Å². The predicted molar refractivity (Wildman–Crippen MR) is 67.6 cm³/mol. The Morgan fingerprint density at radius 2 is 2.21 bits per heavy atom. The first kappa shape index (κ1) is 14.0. The van der Waals surface area contributed by atoms with Crippen LogP contribution in [0.4, 0.5) is 0 Å². The van der Waals surface area contributed by atoms with Gasteiger partial charge in [0.2, 0.25) is 5.91 Å². The number of hydrogen-bond donors (Lipinski definition) is 3. The van der Waals surface area contributed by atoms with Gasteiger partial charge in [0.1, 0.15) is 15.1 Å². The molecule has 9 heteroatoms. The molecular formula is C10H12N2O5S2. The van der Waals surface area contributed by atoms with E-state index in [4.69, 9.17) is 5.11 Å². The number of amides is 1. The van der Waals surface area contributed by atoms with E-state index >= 15 is 0 Å². The maximum atomic E-state index is 12.0. The van der Waals surface area contributed by atoms with Crippen LogP contribution in [0.5, 0.6) is 0 Å². The van der Waals surface area contributed by atoms with E-state index in [0.29, 0.717) is 30.7 Å². The Labute approximate surface area is 113 Å². The van der Waals surface area contributed by atoms with Crippen molar-refractivity contribution in [2.45, 2.75) is 23.1 Å². The van der Waals surface area contributed by atoms with E-state index in [0.717, 1.165) is 0 Å². The number of piperidine rings is 1. The molecule has 0 radical (unpaired) electrons. The van der Waals surface area contributed by atoms with E-state index in [1.165, 1.54) is 12.1 Å². The highest BCUT2D eigenvalue weighted by Crippen LogP contribution is 2.22. The average molecular weight is 304 g/mol. The van der Waals surface area contributed by atoms with Crippen molar-refractivity contribution in [3.63, 3.8) is 0 Å². The van der Waals surface area contributed by atoms with Crippen molar-refractivity contribution in [2.24, 2.45) is 0 Å². The van der Waals surface area contributed by atoms with Gasteiger partial charge in [-0.25, -0.2) is 13.2 Å². The number of carboxylic acid groups (broad SMARTS) is 1. The maximum absolute atomic E-state index is 12.0. The Morgan fingerprint density at radius 3 is 2.79 bits per heavy atom. The van der Waals surface area contributed by atoms with Crippen LogP contribution in [0.15, 0.2) is 16.3 Å². The molecule has 1 unspecified atom stereocenters. The molecule has 1 aromatic heterocycles. The van der Waals surface area contributed by atoms with Gasteiger partial charge in [-0.2, -0.15) is 4.72 Å². The molecule has 1 saturated heterocycles. The molecule has 1 amide bonds. The van der Waals surface area contributed by atoms with Gasteiger partial charge in [-0.1, -0.05) is 0 Å². The van der Waals surface area contributed by atoms with Gasteiger partial charge in [0.25, 0.3) is 10.0 Å². The highest BCUT2D eigenvalue weighted by Gasteiger charge is 2.28. The molecule has 104 valence electrons. The molecule has 0 saturated carbocycles. The molecule has 1 atom stereocenters. The summed E-state index contributed by atoms with van der Waals surface area (Å²) in [5.74, 6) is -1.54. The van der Waals surface area contributed by atoms with Crippen LogP contribution in [0.2, 0.25) is 0 Å². The number of thiophene rings is 1. The molecule has 7 nitrogen and oxygen atoms in total. The van der Waals surface area contributed by atoms with Gasteiger partial charge < -0.3 is 10.4 Å². The minimum absolute atomic E-state index is 0.0616. The molecule has 0 bridgehead atoms. The molecule has 0 aliphatic carbocycles. The van der Waals surface area contributed by atoms with Gasteiger partial charge in [-0.15, -0.1) is 11.3 Å². The summed E-state index contributed by atoms with van der Waals surface area (Å²) in [6, 6.07) is 1.65. The Morgan fingerprint density at radius 1 is 1.47 bits per heavy atom. The molecule has 1 fully saturated rings. The summed E-state index contributed by atoms with van der Waals surface area (Å²) in [5.41, 5.74) is 0. The third kappa shape index (κ3) is 3.11. The van der Waals surface area contributed by atoms with E-state index in [1.807, 2.05) is 0 Å². The first-order valence-corrected chi connectivity index (χ1v) is 7.83. The number of carbonyl (C=O) groups is 2. The largest absolute Gasteiger partial charge is 0.477 e. The molecule has 3 N–H and O–H groups in total. The van der Waals surface area contributed by atoms with Crippen LogP contribution in [0, 0.1) is 0 Å². The van der Waals surface area contributed by atoms with E-state index in [1.54, 1.807) is 0 Å². The predicted octanol–water partition coefficient (Wildman–Crippen LogP) is 0.00320. The zero-order valence-corrected chi connectivity index (χ0v) is 11.4. The third-order valence-electron chi connectivity index (χ3n) is 2.64. The van der Waals surface area contributed by atoms with E-state index in [9.17, 15) is 18.0 Å². The number of carboxylic acids is 1. The van der Waals surface area contributed by atoms with Crippen LogP contribution in [0.25, 0.3) is 0 Å². The quantitative estimate of drug-likeness (QED) is 0.725. The average Bonchev–Trinajstić information content (AvgIpc) is 2.82. The normalized spacial score (nSPS) is 20.0. The number of aromatic carboxylic acids is 1. The van der Waals surface area contributed by atoms with Crippen LogP contribution in [-0.2, 0) is 14.8 Å². The summed E-state index contributed by atoms with van der Waals surface area (Å²) in [5, 5.41) is 11.3. The van der Waals surface area contributed by atoms with Crippen LogP contribution in [0.1, 0.15) is 22.5 Å². The lowest BCUT2D eigenvalue weighted by molar-refractivity contribution is -0.124. The van der Waals surface area contributed by atoms with E-state index in [-0.39, 0.29) is 15.0 Å². The van der Waals surface area contributed by atoms with Gasteiger partial charge in [-0.3, -0.25) is 4.79 Å². The van der Waals surface area contributed by atoms with Gasteiger partial charge in [0.15, 0.2) is 0 Å². The van der Waals surface area contributed by atoms with Crippen molar-refractivity contribution in [1.29, 1.82) is 0 Å². The second kappa shape index (κ2) is 5.27. The van der Waals surface area contributed by atoms with Crippen molar-refractivity contribution in [3.05, 3.63) is 17.0 Å². The summed E-state index contributed by atoms with van der Waals surface area (Å²) in [6.45, 7) is 0.541. The monoisotopic (exact) mass is 304 g/mol. The van der Waals surface area contributed by atoms with E-state index in [2.05, 4.69) is 10.0 Å². The molecule has 0 spiro atoms.